The van der Waals surface area contributed by atoms with Crippen LogP contribution in [0, 0.1) is 0 Å². The van der Waals surface area contributed by atoms with Crippen LogP contribution in [0.3, 0.4) is 0 Å². The van der Waals surface area contributed by atoms with Crippen LogP contribution in [0.5, 0.6) is 11.5 Å². The molecule has 3 aromatic rings. The maximum absolute atomic E-state index is 11.5. The Kier molecular flexibility index (Phi) is 9.06. The molecule has 1 amide bonds. The molecule has 2 aliphatic rings. The van der Waals surface area contributed by atoms with Gasteiger partial charge in [-0.2, -0.15) is 9.98 Å². The van der Waals surface area contributed by atoms with Crippen molar-refractivity contribution in [2.45, 2.75) is 44.9 Å². The Morgan fingerprint density at radius 3 is 2.29 bits per heavy atom. The molecule has 0 bridgehead atoms. The highest BCUT2D eigenvalue weighted by Crippen LogP contribution is 2.28. The van der Waals surface area contributed by atoms with Gasteiger partial charge in [0.05, 0.1) is 0 Å². The first-order valence-corrected chi connectivity index (χ1v) is 13.9. The molecule has 3 aromatic carbocycles. The van der Waals surface area contributed by atoms with Gasteiger partial charge in [-0.15, -0.1) is 0 Å². The average Bonchev–Trinajstić information content (AvgIpc) is 2.98. The van der Waals surface area contributed by atoms with E-state index >= 15 is 0 Å². The van der Waals surface area contributed by atoms with Gasteiger partial charge in [0.1, 0.15) is 17.3 Å². The lowest BCUT2D eigenvalue weighted by molar-refractivity contribution is 0.100. The standard InChI is InChI=1S/C34H33N3O4/c1-2-7-24-12-18-28(19-13-24)39-31-10-6-11-32(37-34(36-31)41-30-22-16-27(17-23-30)33(35)38)40-29-20-14-26(15-21-29)25-8-4-3-5-9-25/h3-5,8-9,11-14,16-23,26H,2,6-7,10,15H2,1H3,(H2,35,38). The number of amides is 1. The van der Waals surface area contributed by atoms with Crippen LogP contribution in [0.15, 0.2) is 125 Å². The lowest BCUT2D eigenvalue weighted by Crippen LogP contribution is -2.17. The van der Waals surface area contributed by atoms with E-state index in [4.69, 9.17) is 19.9 Å². The van der Waals surface area contributed by atoms with Crippen molar-refractivity contribution in [1.29, 1.82) is 0 Å². The number of aliphatic imine (C=N–C) groups is 2. The Labute approximate surface area is 240 Å². The van der Waals surface area contributed by atoms with Crippen molar-refractivity contribution in [3.63, 3.8) is 0 Å². The first-order valence-electron chi connectivity index (χ1n) is 13.9. The van der Waals surface area contributed by atoms with E-state index in [2.05, 4.69) is 65.5 Å². The second kappa shape index (κ2) is 13.4. The Bertz CT molecular complexity index is 1500. The number of primary amides is 1. The number of aryl methyl sites for hydroxylation is 1. The summed E-state index contributed by atoms with van der Waals surface area (Å²) in [4.78, 5) is 20.7. The molecule has 208 valence electrons. The van der Waals surface area contributed by atoms with Crippen molar-refractivity contribution >= 4 is 17.8 Å². The minimum absolute atomic E-state index is 0.0583. The molecule has 1 atom stereocenters. The minimum Gasteiger partial charge on any atom is -0.443 e. The fourth-order valence-electron chi connectivity index (χ4n) is 4.52. The van der Waals surface area contributed by atoms with Crippen molar-refractivity contribution in [3.8, 4) is 11.5 Å². The fraction of sp³-hybridized carbons (Fsp3) is 0.206. The highest BCUT2D eigenvalue weighted by Gasteiger charge is 2.16. The van der Waals surface area contributed by atoms with Gasteiger partial charge in [-0.3, -0.25) is 4.79 Å². The number of nitrogens with two attached hydrogens (primary N) is 1. The number of nitrogens with zero attached hydrogens (tertiary/aromatic N) is 2. The highest BCUT2D eigenvalue weighted by atomic mass is 16.5. The quantitative estimate of drug-likeness (QED) is 0.322. The summed E-state index contributed by atoms with van der Waals surface area (Å²) in [5.74, 6) is 2.50. The van der Waals surface area contributed by atoms with Crippen LogP contribution in [0.1, 0.15) is 60.0 Å². The molecule has 5 rings (SSSR count). The molecule has 0 spiro atoms. The summed E-state index contributed by atoms with van der Waals surface area (Å²) in [6.45, 7) is 2.16. The van der Waals surface area contributed by atoms with Gasteiger partial charge in [-0.05, 0) is 85.0 Å². The predicted molar refractivity (Wildman–Crippen MR) is 161 cm³/mol. The minimum atomic E-state index is -0.513. The molecule has 1 aliphatic heterocycles. The smallest absolute Gasteiger partial charge is 0.328 e. The van der Waals surface area contributed by atoms with Crippen molar-refractivity contribution in [3.05, 3.63) is 131 Å². The lowest BCUT2D eigenvalue weighted by Gasteiger charge is -2.18. The van der Waals surface area contributed by atoms with Gasteiger partial charge >= 0.3 is 6.02 Å². The number of rotatable bonds is 8. The molecule has 0 saturated heterocycles. The zero-order chi connectivity index (χ0) is 28.4. The Hall–Kier alpha value is -4.91. The molecular weight excluding hydrogens is 514 g/mol. The van der Waals surface area contributed by atoms with E-state index in [-0.39, 0.29) is 6.02 Å². The van der Waals surface area contributed by atoms with Crippen LogP contribution in [0.25, 0.3) is 0 Å². The van der Waals surface area contributed by atoms with Gasteiger partial charge in [0.15, 0.2) is 5.90 Å². The number of allylic oxidation sites excluding steroid dienone is 4. The second-order valence-corrected chi connectivity index (χ2v) is 9.79. The molecule has 0 fully saturated rings. The number of benzene rings is 3. The number of hydrogen-bond acceptors (Lipinski definition) is 6. The summed E-state index contributed by atoms with van der Waals surface area (Å²) in [5, 5.41) is 0. The Balaban J connectivity index is 1.35. The molecule has 0 aromatic heterocycles. The molecule has 7 nitrogen and oxygen atoms in total. The summed E-state index contributed by atoms with van der Waals surface area (Å²) in [6, 6.07) is 24.9. The Morgan fingerprint density at radius 1 is 0.878 bits per heavy atom. The van der Waals surface area contributed by atoms with E-state index in [9.17, 15) is 4.79 Å². The first-order chi connectivity index (χ1) is 20.1. The van der Waals surface area contributed by atoms with E-state index in [1.165, 1.54) is 11.1 Å². The van der Waals surface area contributed by atoms with E-state index in [1.54, 1.807) is 24.3 Å². The lowest BCUT2D eigenvalue weighted by atomic mass is 9.92. The molecule has 7 heteroatoms. The number of amidine groups is 1. The first kappa shape index (κ1) is 27.6. The van der Waals surface area contributed by atoms with Crippen molar-refractivity contribution < 1.29 is 19.0 Å². The normalized spacial score (nSPS) is 16.8. The number of ether oxygens (including phenoxy) is 3. The van der Waals surface area contributed by atoms with Crippen molar-refractivity contribution in [2.75, 3.05) is 0 Å². The van der Waals surface area contributed by atoms with Gasteiger partial charge in [-0.1, -0.05) is 61.9 Å². The van der Waals surface area contributed by atoms with E-state index in [0.717, 1.165) is 19.3 Å². The van der Waals surface area contributed by atoms with Gasteiger partial charge in [0, 0.05) is 17.9 Å². The largest absolute Gasteiger partial charge is 0.443 e. The molecule has 1 aliphatic carbocycles. The van der Waals surface area contributed by atoms with Crippen LogP contribution in [-0.2, 0) is 11.2 Å². The molecule has 41 heavy (non-hydrogen) atoms. The summed E-state index contributed by atoms with van der Waals surface area (Å²) in [7, 11) is 0. The van der Waals surface area contributed by atoms with E-state index in [1.807, 2.05) is 30.4 Å². The Morgan fingerprint density at radius 2 is 1.61 bits per heavy atom. The van der Waals surface area contributed by atoms with Gasteiger partial charge in [0.25, 0.3) is 0 Å². The maximum atomic E-state index is 11.5. The predicted octanol–water partition coefficient (Wildman–Crippen LogP) is 7.23. The van der Waals surface area contributed by atoms with Crippen LogP contribution < -0.4 is 15.2 Å². The van der Waals surface area contributed by atoms with Crippen LogP contribution in [0.4, 0.5) is 0 Å². The topological polar surface area (TPSA) is 95.5 Å². The third-order valence-electron chi connectivity index (χ3n) is 6.66. The van der Waals surface area contributed by atoms with E-state index in [0.29, 0.717) is 53.4 Å². The molecule has 0 radical (unpaired) electrons. The second-order valence-electron chi connectivity index (χ2n) is 9.79. The van der Waals surface area contributed by atoms with Gasteiger partial charge in [-0.25, -0.2) is 0 Å². The summed E-state index contributed by atoms with van der Waals surface area (Å²) in [5.41, 5.74) is 8.28. The number of carbonyl (C=O) groups is 1. The molecule has 0 saturated carbocycles. The molecule has 1 heterocycles. The maximum Gasteiger partial charge on any atom is 0.328 e. The zero-order valence-corrected chi connectivity index (χ0v) is 23.0. The summed E-state index contributed by atoms with van der Waals surface area (Å²) >= 11 is 0. The third kappa shape index (κ3) is 7.82. The number of carbonyl (C=O) groups excluding carboxylic acids is 1. The van der Waals surface area contributed by atoms with E-state index < -0.39 is 5.91 Å². The van der Waals surface area contributed by atoms with Crippen LogP contribution >= 0.6 is 0 Å². The third-order valence-corrected chi connectivity index (χ3v) is 6.66. The fourth-order valence-corrected chi connectivity index (χ4v) is 4.52. The highest BCUT2D eigenvalue weighted by molar-refractivity contribution is 5.94. The summed E-state index contributed by atoms with van der Waals surface area (Å²) in [6.07, 6.45) is 12.2. The SMILES string of the molecule is CCCc1ccc(OC2=NC(Oc3ccc(C(N)=O)cc3)=NC(OC3=CCC(c4ccccc4)C=C3)=CCC2)cc1. The number of hydrogen-bond donors (Lipinski definition) is 1. The van der Waals surface area contributed by atoms with Gasteiger partial charge in [0.2, 0.25) is 11.8 Å². The molecule has 2 N–H and O–H groups in total. The van der Waals surface area contributed by atoms with Crippen LogP contribution in [-0.4, -0.2) is 17.8 Å². The molecule has 1 unspecified atom stereocenters. The summed E-state index contributed by atoms with van der Waals surface area (Å²) < 4.78 is 18.3. The van der Waals surface area contributed by atoms with Gasteiger partial charge < -0.3 is 19.9 Å². The monoisotopic (exact) mass is 547 g/mol. The molecular formula is C34H33N3O4. The van der Waals surface area contributed by atoms with Crippen LogP contribution in [0.2, 0.25) is 0 Å². The van der Waals surface area contributed by atoms with Crippen molar-refractivity contribution in [1.82, 2.24) is 0 Å². The average molecular weight is 548 g/mol. The zero-order valence-electron chi connectivity index (χ0n) is 23.0. The van der Waals surface area contributed by atoms with Crippen molar-refractivity contribution in [2.24, 2.45) is 15.7 Å².